The second-order valence-corrected chi connectivity index (χ2v) is 7.97. The van der Waals surface area contributed by atoms with Gasteiger partial charge in [-0.3, -0.25) is 4.79 Å². The molecule has 1 saturated heterocycles. The molecule has 0 spiro atoms. The molecule has 2 aromatic heterocycles. The molecule has 28 heavy (non-hydrogen) atoms. The molecule has 2 aliphatic rings. The van der Waals surface area contributed by atoms with Gasteiger partial charge in [0, 0.05) is 29.9 Å². The van der Waals surface area contributed by atoms with E-state index in [-0.39, 0.29) is 5.91 Å². The molecule has 6 nitrogen and oxygen atoms in total. The average Bonchev–Trinajstić information content (AvgIpc) is 3.39. The van der Waals surface area contributed by atoms with E-state index in [0.29, 0.717) is 23.2 Å². The lowest BCUT2D eigenvalue weighted by Gasteiger charge is -2.19. The van der Waals surface area contributed by atoms with Gasteiger partial charge in [-0.2, -0.15) is 5.10 Å². The number of amides is 1. The number of halogens is 1. The molecule has 1 amide bonds. The minimum absolute atomic E-state index is 0.0907. The maximum Gasteiger partial charge on any atom is 0.279 e. The van der Waals surface area contributed by atoms with E-state index in [9.17, 15) is 4.79 Å². The number of benzene rings is 1. The van der Waals surface area contributed by atoms with Gasteiger partial charge in [0.15, 0.2) is 5.69 Å². The van der Waals surface area contributed by atoms with E-state index < -0.39 is 0 Å². The van der Waals surface area contributed by atoms with Crippen molar-refractivity contribution in [1.82, 2.24) is 14.8 Å². The fourth-order valence-electron chi connectivity index (χ4n) is 3.88. The lowest BCUT2D eigenvalue weighted by Crippen LogP contribution is -2.25. The lowest BCUT2D eigenvalue weighted by molar-refractivity contribution is 0.0991. The van der Waals surface area contributed by atoms with Crippen LogP contribution in [0.1, 0.15) is 29.4 Å². The van der Waals surface area contributed by atoms with E-state index in [1.54, 1.807) is 15.8 Å². The van der Waals surface area contributed by atoms with Gasteiger partial charge in [-0.05, 0) is 48.7 Å². The van der Waals surface area contributed by atoms with Gasteiger partial charge < -0.3 is 9.80 Å². The van der Waals surface area contributed by atoms with Crippen LogP contribution in [-0.2, 0) is 6.54 Å². The van der Waals surface area contributed by atoms with E-state index in [1.165, 1.54) is 6.42 Å². The van der Waals surface area contributed by atoms with Crippen molar-refractivity contribution >= 4 is 29.0 Å². The zero-order valence-electron chi connectivity index (χ0n) is 15.5. The Hall–Kier alpha value is -2.86. The predicted octanol–water partition coefficient (Wildman–Crippen LogP) is 3.93. The molecule has 0 bridgehead atoms. The summed E-state index contributed by atoms with van der Waals surface area (Å²) in [5, 5.41) is 5.16. The first-order valence-corrected chi connectivity index (χ1v) is 9.83. The first-order valence-electron chi connectivity index (χ1n) is 9.46. The molecule has 1 fully saturated rings. The fourth-order valence-corrected chi connectivity index (χ4v) is 4.00. The minimum Gasteiger partial charge on any atom is -0.356 e. The summed E-state index contributed by atoms with van der Waals surface area (Å²) >= 11 is 5.94. The number of aromatic nitrogens is 3. The first-order chi connectivity index (χ1) is 13.6. The number of rotatable bonds is 3. The van der Waals surface area contributed by atoms with Crippen LogP contribution in [0.5, 0.6) is 0 Å². The Bertz CT molecular complexity index is 1030. The van der Waals surface area contributed by atoms with Gasteiger partial charge in [0.1, 0.15) is 5.82 Å². The summed E-state index contributed by atoms with van der Waals surface area (Å²) in [5.41, 5.74) is 3.09. The van der Waals surface area contributed by atoms with Crippen LogP contribution in [0.3, 0.4) is 0 Å². The predicted molar refractivity (Wildman–Crippen MR) is 109 cm³/mol. The summed E-state index contributed by atoms with van der Waals surface area (Å²) in [4.78, 5) is 21.5. The SMILES string of the molecule is CC1CCN(c2ccc(N3Cc4cn(-c5ccc(Cl)cc5)nc4C3=O)cn2)C1. The smallest absolute Gasteiger partial charge is 0.279 e. The Labute approximate surface area is 168 Å². The summed E-state index contributed by atoms with van der Waals surface area (Å²) in [6.45, 7) is 4.85. The number of nitrogens with zero attached hydrogens (tertiary/aromatic N) is 5. The Morgan fingerprint density at radius 1 is 1.11 bits per heavy atom. The van der Waals surface area contributed by atoms with Crippen molar-refractivity contribution in [1.29, 1.82) is 0 Å². The highest BCUT2D eigenvalue weighted by Gasteiger charge is 2.32. The summed E-state index contributed by atoms with van der Waals surface area (Å²) in [7, 11) is 0. The highest BCUT2D eigenvalue weighted by Crippen LogP contribution is 2.30. The molecule has 0 N–H and O–H groups in total. The van der Waals surface area contributed by atoms with Gasteiger partial charge in [-0.25, -0.2) is 9.67 Å². The lowest BCUT2D eigenvalue weighted by atomic mass is 10.2. The fraction of sp³-hybridized carbons (Fsp3) is 0.286. The number of hydrogen-bond acceptors (Lipinski definition) is 4. The molecule has 142 valence electrons. The summed E-state index contributed by atoms with van der Waals surface area (Å²) < 4.78 is 1.73. The molecule has 0 aliphatic carbocycles. The number of pyridine rings is 1. The second kappa shape index (κ2) is 6.63. The number of hydrogen-bond donors (Lipinski definition) is 0. The van der Waals surface area contributed by atoms with Crippen molar-refractivity contribution in [3.05, 3.63) is 65.1 Å². The summed E-state index contributed by atoms with van der Waals surface area (Å²) in [5.74, 6) is 1.59. The van der Waals surface area contributed by atoms with Crippen LogP contribution >= 0.6 is 11.6 Å². The third-order valence-corrected chi connectivity index (χ3v) is 5.70. The summed E-state index contributed by atoms with van der Waals surface area (Å²) in [6, 6.07) is 11.4. The zero-order chi connectivity index (χ0) is 19.3. The Kier molecular flexibility index (Phi) is 4.09. The van der Waals surface area contributed by atoms with Crippen molar-refractivity contribution in [2.75, 3.05) is 22.9 Å². The van der Waals surface area contributed by atoms with E-state index in [1.807, 2.05) is 42.6 Å². The molecule has 2 aliphatic heterocycles. The van der Waals surface area contributed by atoms with E-state index in [0.717, 1.165) is 35.8 Å². The molecular formula is C21H20ClN5O. The third-order valence-electron chi connectivity index (χ3n) is 5.45. The highest BCUT2D eigenvalue weighted by atomic mass is 35.5. The van der Waals surface area contributed by atoms with Crippen LogP contribution in [0.15, 0.2) is 48.8 Å². The highest BCUT2D eigenvalue weighted by molar-refractivity contribution is 6.30. The third kappa shape index (κ3) is 2.94. The maximum atomic E-state index is 12.9. The van der Waals surface area contributed by atoms with Gasteiger partial charge in [0.2, 0.25) is 0 Å². The van der Waals surface area contributed by atoms with Crippen LogP contribution in [0, 0.1) is 5.92 Å². The van der Waals surface area contributed by atoms with Crippen LogP contribution in [0.25, 0.3) is 5.69 Å². The average molecular weight is 394 g/mol. The molecule has 7 heteroatoms. The first kappa shape index (κ1) is 17.3. The van der Waals surface area contributed by atoms with Crippen LogP contribution < -0.4 is 9.80 Å². The number of anilines is 2. The number of carbonyl (C=O) groups is 1. The number of fused-ring (bicyclic) bond motifs is 1. The van der Waals surface area contributed by atoms with Gasteiger partial charge in [-0.1, -0.05) is 18.5 Å². The van der Waals surface area contributed by atoms with Gasteiger partial charge >= 0.3 is 0 Å². The van der Waals surface area contributed by atoms with Gasteiger partial charge in [0.25, 0.3) is 5.91 Å². The van der Waals surface area contributed by atoms with E-state index in [4.69, 9.17) is 11.6 Å². The Balaban J connectivity index is 1.35. The summed E-state index contributed by atoms with van der Waals surface area (Å²) in [6.07, 6.45) is 4.89. The maximum absolute atomic E-state index is 12.9. The van der Waals surface area contributed by atoms with Crippen LogP contribution in [0.2, 0.25) is 5.02 Å². The molecule has 0 radical (unpaired) electrons. The largest absolute Gasteiger partial charge is 0.356 e. The van der Waals surface area contributed by atoms with Gasteiger partial charge in [0.05, 0.1) is 24.1 Å². The molecule has 1 aromatic carbocycles. The van der Waals surface area contributed by atoms with Crippen LogP contribution in [-0.4, -0.2) is 33.8 Å². The van der Waals surface area contributed by atoms with Crippen molar-refractivity contribution < 1.29 is 4.79 Å². The molecular weight excluding hydrogens is 374 g/mol. The molecule has 1 unspecified atom stereocenters. The molecule has 5 rings (SSSR count). The number of carbonyl (C=O) groups excluding carboxylic acids is 1. The van der Waals surface area contributed by atoms with Gasteiger partial charge in [-0.15, -0.1) is 0 Å². The Morgan fingerprint density at radius 3 is 2.54 bits per heavy atom. The normalized spacial score (nSPS) is 18.8. The topological polar surface area (TPSA) is 54.3 Å². The monoisotopic (exact) mass is 393 g/mol. The second-order valence-electron chi connectivity index (χ2n) is 7.53. The van der Waals surface area contributed by atoms with Crippen molar-refractivity contribution in [3.63, 3.8) is 0 Å². The van der Waals surface area contributed by atoms with Crippen LogP contribution in [0.4, 0.5) is 11.5 Å². The molecule has 3 aromatic rings. The molecule has 0 saturated carbocycles. The van der Waals surface area contributed by atoms with E-state index >= 15 is 0 Å². The van der Waals surface area contributed by atoms with Crippen molar-refractivity contribution in [2.24, 2.45) is 5.92 Å². The van der Waals surface area contributed by atoms with Crippen molar-refractivity contribution in [3.8, 4) is 5.69 Å². The quantitative estimate of drug-likeness (QED) is 0.676. The van der Waals surface area contributed by atoms with Crippen molar-refractivity contribution in [2.45, 2.75) is 19.9 Å². The minimum atomic E-state index is -0.0907. The zero-order valence-corrected chi connectivity index (χ0v) is 16.3. The van der Waals surface area contributed by atoms with E-state index in [2.05, 4.69) is 21.9 Å². The Morgan fingerprint density at radius 2 is 1.89 bits per heavy atom. The standard InChI is InChI=1S/C21H20ClN5O/c1-14-8-9-25(11-14)19-7-6-18(10-23-19)26-12-15-13-27(24-20(15)21(26)28)17-4-2-16(22)3-5-17/h2-7,10,13-14H,8-9,11-12H2,1H3. The molecule has 4 heterocycles. The molecule has 1 atom stereocenters.